The molecule has 0 unspecified atom stereocenters. The Bertz CT molecular complexity index is 472. The molecule has 0 radical (unpaired) electrons. The van der Waals surface area contributed by atoms with Crippen molar-refractivity contribution in [2.24, 2.45) is 0 Å². The Morgan fingerprint density at radius 2 is 2.08 bits per heavy atom. The van der Waals surface area contributed by atoms with Gasteiger partial charge < -0.3 is 0 Å². The summed E-state index contributed by atoms with van der Waals surface area (Å²) in [5.74, 6) is -0.498. The van der Waals surface area contributed by atoms with Gasteiger partial charge >= 0.3 is 0 Å². The lowest BCUT2D eigenvalue weighted by atomic mass is 10.2. The summed E-state index contributed by atoms with van der Waals surface area (Å²) in [6, 6.07) is 6.43. The average Bonchev–Trinajstić information content (AvgIpc) is 2.06. The van der Waals surface area contributed by atoms with Gasteiger partial charge in [-0.2, -0.15) is 4.39 Å². The van der Waals surface area contributed by atoms with Gasteiger partial charge in [0, 0.05) is 20.9 Å². The van der Waals surface area contributed by atoms with E-state index in [9.17, 15) is 4.39 Å². The lowest BCUT2D eigenvalue weighted by Crippen LogP contribution is -1.85. The molecule has 0 saturated heterocycles. The summed E-state index contributed by atoms with van der Waals surface area (Å²) in [5, 5.41) is 1.43. The summed E-state index contributed by atoms with van der Waals surface area (Å²) in [6.45, 7) is 0. The van der Waals surface area contributed by atoms with Crippen molar-refractivity contribution in [1.82, 2.24) is 4.98 Å². The summed E-state index contributed by atoms with van der Waals surface area (Å²) in [6.07, 6.45) is 0. The zero-order valence-electron chi connectivity index (χ0n) is 6.39. The van der Waals surface area contributed by atoms with Crippen LogP contribution in [0.3, 0.4) is 0 Å². The lowest BCUT2D eigenvalue weighted by molar-refractivity contribution is 0.588. The van der Waals surface area contributed by atoms with Gasteiger partial charge in [-0.25, -0.2) is 4.98 Å². The Morgan fingerprint density at radius 3 is 2.85 bits per heavy atom. The normalized spacial score (nSPS) is 10.7. The van der Waals surface area contributed by atoms with Crippen LogP contribution in [0.25, 0.3) is 10.9 Å². The second-order valence-corrected chi connectivity index (χ2v) is 3.88. The predicted molar refractivity (Wildman–Crippen MR) is 54.4 cm³/mol. The molecule has 2 aromatic rings. The fraction of sp³-hybridized carbons (Fsp3) is 0. The smallest absolute Gasteiger partial charge is 0.214 e. The summed E-state index contributed by atoms with van der Waals surface area (Å²) < 4.78 is 13.5. The van der Waals surface area contributed by atoms with Crippen LogP contribution in [0.4, 0.5) is 4.39 Å². The van der Waals surface area contributed by atoms with Crippen molar-refractivity contribution in [3.8, 4) is 0 Å². The average molecular weight is 260 g/mol. The van der Waals surface area contributed by atoms with Gasteiger partial charge in [0.1, 0.15) is 0 Å². The van der Waals surface area contributed by atoms with Crippen LogP contribution < -0.4 is 0 Å². The maximum Gasteiger partial charge on any atom is 0.214 e. The van der Waals surface area contributed by atoms with Gasteiger partial charge in [0.25, 0.3) is 0 Å². The number of hydrogen-bond acceptors (Lipinski definition) is 1. The second-order valence-electron chi connectivity index (χ2n) is 2.59. The quantitative estimate of drug-likeness (QED) is 0.657. The fourth-order valence-corrected chi connectivity index (χ4v) is 1.81. The minimum atomic E-state index is -0.498. The van der Waals surface area contributed by atoms with Gasteiger partial charge in [-0.1, -0.05) is 11.6 Å². The SMILES string of the molecule is Fc1cc(Br)c2cc(Cl)ccc2n1. The van der Waals surface area contributed by atoms with E-state index in [1.807, 2.05) is 0 Å². The number of halogens is 3. The molecule has 66 valence electrons. The molecule has 1 aromatic heterocycles. The minimum Gasteiger partial charge on any atom is -0.220 e. The number of fused-ring (bicyclic) bond motifs is 1. The zero-order valence-corrected chi connectivity index (χ0v) is 8.73. The summed E-state index contributed by atoms with van der Waals surface area (Å²) in [7, 11) is 0. The molecule has 0 amide bonds. The Labute approximate surface area is 87.7 Å². The molecule has 2 rings (SSSR count). The van der Waals surface area contributed by atoms with Crippen molar-refractivity contribution >= 4 is 38.4 Å². The molecular weight excluding hydrogens is 256 g/mol. The highest BCUT2D eigenvalue weighted by molar-refractivity contribution is 9.10. The van der Waals surface area contributed by atoms with Crippen molar-refractivity contribution in [2.75, 3.05) is 0 Å². The number of nitrogens with zero attached hydrogens (tertiary/aromatic N) is 1. The van der Waals surface area contributed by atoms with Crippen molar-refractivity contribution in [3.05, 3.63) is 39.7 Å². The van der Waals surface area contributed by atoms with Crippen LogP contribution in [0.15, 0.2) is 28.7 Å². The van der Waals surface area contributed by atoms with Crippen LogP contribution in [0.2, 0.25) is 5.02 Å². The molecule has 0 saturated carbocycles. The highest BCUT2D eigenvalue weighted by Gasteiger charge is 2.03. The van der Waals surface area contributed by atoms with Crippen LogP contribution in [-0.2, 0) is 0 Å². The third kappa shape index (κ3) is 1.67. The zero-order chi connectivity index (χ0) is 9.42. The first kappa shape index (κ1) is 8.91. The van der Waals surface area contributed by atoms with E-state index in [0.29, 0.717) is 15.0 Å². The Hall–Kier alpha value is -0.670. The molecule has 0 spiro atoms. The molecule has 13 heavy (non-hydrogen) atoms. The molecule has 0 aliphatic heterocycles. The van der Waals surface area contributed by atoms with Crippen molar-refractivity contribution < 1.29 is 4.39 Å². The molecule has 0 aliphatic carbocycles. The molecular formula is C9H4BrClFN. The van der Waals surface area contributed by atoms with Gasteiger partial charge in [0.15, 0.2) is 0 Å². The fourth-order valence-electron chi connectivity index (χ4n) is 1.13. The van der Waals surface area contributed by atoms with Gasteiger partial charge in [0.05, 0.1) is 5.52 Å². The minimum absolute atomic E-state index is 0.498. The van der Waals surface area contributed by atoms with Gasteiger partial charge in [0.2, 0.25) is 5.95 Å². The Balaban J connectivity index is 2.87. The van der Waals surface area contributed by atoms with E-state index in [4.69, 9.17) is 11.6 Å². The molecule has 0 fully saturated rings. The third-order valence-electron chi connectivity index (χ3n) is 1.69. The van der Waals surface area contributed by atoms with Gasteiger partial charge in [-0.3, -0.25) is 0 Å². The van der Waals surface area contributed by atoms with E-state index >= 15 is 0 Å². The molecule has 1 heterocycles. The topological polar surface area (TPSA) is 12.9 Å². The largest absolute Gasteiger partial charge is 0.220 e. The van der Waals surface area contributed by atoms with Crippen molar-refractivity contribution in [3.63, 3.8) is 0 Å². The number of aromatic nitrogens is 1. The summed E-state index contributed by atoms with van der Waals surface area (Å²) in [4.78, 5) is 3.72. The van der Waals surface area contributed by atoms with Crippen LogP contribution in [-0.4, -0.2) is 4.98 Å². The maximum absolute atomic E-state index is 12.8. The summed E-state index contributed by atoms with van der Waals surface area (Å²) >= 11 is 9.03. The first-order valence-electron chi connectivity index (χ1n) is 3.58. The maximum atomic E-state index is 12.8. The van der Waals surface area contributed by atoms with Crippen molar-refractivity contribution in [2.45, 2.75) is 0 Å². The number of hydrogen-bond donors (Lipinski definition) is 0. The van der Waals surface area contributed by atoms with Crippen LogP contribution >= 0.6 is 27.5 Å². The third-order valence-corrected chi connectivity index (χ3v) is 2.58. The van der Waals surface area contributed by atoms with Crippen molar-refractivity contribution in [1.29, 1.82) is 0 Å². The number of benzene rings is 1. The van der Waals surface area contributed by atoms with Crippen LogP contribution in [0.1, 0.15) is 0 Å². The molecule has 0 aliphatic rings. The molecule has 0 N–H and O–H groups in total. The van der Waals surface area contributed by atoms with E-state index in [1.165, 1.54) is 6.07 Å². The van der Waals surface area contributed by atoms with E-state index in [2.05, 4.69) is 20.9 Å². The number of rotatable bonds is 0. The Morgan fingerprint density at radius 1 is 1.31 bits per heavy atom. The monoisotopic (exact) mass is 259 g/mol. The van der Waals surface area contributed by atoms with E-state index in [0.717, 1.165) is 5.39 Å². The van der Waals surface area contributed by atoms with E-state index < -0.39 is 5.95 Å². The molecule has 0 atom stereocenters. The van der Waals surface area contributed by atoms with Crippen LogP contribution in [0, 0.1) is 5.95 Å². The standard InChI is InChI=1S/C9H4BrClFN/c10-7-4-9(12)13-8-2-1-5(11)3-6(7)8/h1-4H. The molecule has 1 aromatic carbocycles. The first-order valence-corrected chi connectivity index (χ1v) is 4.75. The molecule has 1 nitrogen and oxygen atoms in total. The van der Waals surface area contributed by atoms with Gasteiger partial charge in [-0.15, -0.1) is 0 Å². The highest BCUT2D eigenvalue weighted by atomic mass is 79.9. The number of pyridine rings is 1. The Kier molecular flexibility index (Phi) is 2.22. The van der Waals surface area contributed by atoms with Gasteiger partial charge in [-0.05, 0) is 34.1 Å². The second kappa shape index (κ2) is 3.24. The molecule has 0 bridgehead atoms. The van der Waals surface area contributed by atoms with E-state index in [1.54, 1.807) is 18.2 Å². The first-order chi connectivity index (χ1) is 6.16. The van der Waals surface area contributed by atoms with E-state index in [-0.39, 0.29) is 0 Å². The highest BCUT2D eigenvalue weighted by Crippen LogP contribution is 2.25. The molecule has 4 heteroatoms. The summed E-state index contributed by atoms with van der Waals surface area (Å²) in [5.41, 5.74) is 0.594. The lowest BCUT2D eigenvalue weighted by Gasteiger charge is -2.00. The predicted octanol–water partition coefficient (Wildman–Crippen LogP) is 3.79. The van der Waals surface area contributed by atoms with Crippen LogP contribution in [0.5, 0.6) is 0 Å².